The third-order valence-electron chi connectivity index (χ3n) is 2.66. The van der Waals surface area contributed by atoms with Gasteiger partial charge in [-0.2, -0.15) is 0 Å². The van der Waals surface area contributed by atoms with Crippen molar-refractivity contribution in [2.24, 2.45) is 0 Å². The normalized spacial score (nSPS) is 11.5. The van der Waals surface area contributed by atoms with Gasteiger partial charge in [0.25, 0.3) is 0 Å². The van der Waals surface area contributed by atoms with E-state index >= 15 is 0 Å². The third kappa shape index (κ3) is 3.06. The van der Waals surface area contributed by atoms with E-state index in [4.69, 9.17) is 4.98 Å². The molecule has 3 heteroatoms. The van der Waals surface area contributed by atoms with Crippen LogP contribution in [0.25, 0.3) is 11.3 Å². The summed E-state index contributed by atoms with van der Waals surface area (Å²) in [5.41, 5.74) is 1.91. The first-order valence-corrected chi connectivity index (χ1v) is 15.7. The first-order valence-electron chi connectivity index (χ1n) is 5.70. The molecule has 0 spiro atoms. The number of benzene rings is 1. The molecule has 1 nitrogen and oxygen atoms in total. The molecule has 1 heterocycles. The van der Waals surface area contributed by atoms with E-state index in [1.54, 1.807) is 12.1 Å². The van der Waals surface area contributed by atoms with Crippen LogP contribution in [0.5, 0.6) is 0 Å². The molecular formula is C14H16FNSn. The Balaban J connectivity index is 2.43. The van der Waals surface area contributed by atoms with Gasteiger partial charge in [-0.1, -0.05) is 0 Å². The first kappa shape index (κ1) is 12.6. The van der Waals surface area contributed by atoms with Crippen molar-refractivity contribution >= 4 is 22.1 Å². The molecule has 0 saturated carbocycles. The second-order valence-electron chi connectivity index (χ2n) is 5.16. The quantitative estimate of drug-likeness (QED) is 0.766. The molecule has 88 valence electrons. The average molecular weight is 336 g/mol. The summed E-state index contributed by atoms with van der Waals surface area (Å²) < 4.78 is 14.1. The van der Waals surface area contributed by atoms with Crippen LogP contribution in [0.4, 0.5) is 4.39 Å². The zero-order valence-electron chi connectivity index (χ0n) is 10.4. The first-order chi connectivity index (χ1) is 7.97. The van der Waals surface area contributed by atoms with Crippen LogP contribution in [0.3, 0.4) is 0 Å². The molecule has 0 aliphatic rings. The minimum absolute atomic E-state index is 0.208. The zero-order valence-corrected chi connectivity index (χ0v) is 13.2. The molecule has 0 aliphatic heterocycles. The van der Waals surface area contributed by atoms with Crippen LogP contribution in [0, 0.1) is 5.82 Å². The molecule has 0 unspecified atom stereocenters. The average Bonchev–Trinajstić information content (AvgIpc) is 2.29. The molecule has 0 fully saturated rings. The Kier molecular flexibility index (Phi) is 3.52. The van der Waals surface area contributed by atoms with Gasteiger partial charge in [0.15, 0.2) is 0 Å². The fraction of sp³-hybridized carbons (Fsp3) is 0.214. The van der Waals surface area contributed by atoms with E-state index in [2.05, 4.69) is 20.9 Å². The van der Waals surface area contributed by atoms with Gasteiger partial charge < -0.3 is 0 Å². The van der Waals surface area contributed by atoms with Crippen LogP contribution in [-0.4, -0.2) is 23.4 Å². The van der Waals surface area contributed by atoms with Gasteiger partial charge in [0.05, 0.1) is 0 Å². The van der Waals surface area contributed by atoms with Crippen LogP contribution in [0.15, 0.2) is 42.5 Å². The number of aromatic nitrogens is 1. The van der Waals surface area contributed by atoms with E-state index in [9.17, 15) is 4.39 Å². The Morgan fingerprint density at radius 3 is 2.18 bits per heavy atom. The van der Waals surface area contributed by atoms with Gasteiger partial charge in [0.1, 0.15) is 0 Å². The number of hydrogen-bond acceptors (Lipinski definition) is 1. The van der Waals surface area contributed by atoms with E-state index in [1.165, 1.54) is 15.8 Å². The second-order valence-corrected chi connectivity index (χ2v) is 19.5. The number of rotatable bonds is 2. The Morgan fingerprint density at radius 1 is 0.941 bits per heavy atom. The molecule has 0 radical (unpaired) electrons. The molecule has 1 aromatic carbocycles. The van der Waals surface area contributed by atoms with E-state index < -0.39 is 18.4 Å². The van der Waals surface area contributed by atoms with Crippen LogP contribution < -0.4 is 3.71 Å². The fourth-order valence-corrected chi connectivity index (χ4v) is 4.64. The second kappa shape index (κ2) is 4.76. The molecule has 0 saturated heterocycles. The van der Waals surface area contributed by atoms with Gasteiger partial charge in [0.2, 0.25) is 0 Å². The van der Waals surface area contributed by atoms with Crippen molar-refractivity contribution in [3.05, 3.63) is 48.3 Å². The minimum atomic E-state index is -2.12. The molecule has 0 aliphatic carbocycles. The Bertz CT molecular complexity index is 514. The zero-order chi connectivity index (χ0) is 12.5. The van der Waals surface area contributed by atoms with Gasteiger partial charge in [-0.3, -0.25) is 0 Å². The summed E-state index contributed by atoms with van der Waals surface area (Å²) in [6.45, 7) is 0. The van der Waals surface area contributed by atoms with E-state index in [-0.39, 0.29) is 5.82 Å². The fourth-order valence-electron chi connectivity index (χ4n) is 1.63. The molecule has 2 aromatic rings. The summed E-state index contributed by atoms with van der Waals surface area (Å²) >= 11 is -2.12. The summed E-state index contributed by atoms with van der Waals surface area (Å²) in [5.74, 6) is -0.208. The monoisotopic (exact) mass is 337 g/mol. The summed E-state index contributed by atoms with van der Waals surface area (Å²) in [6.07, 6.45) is 0. The topological polar surface area (TPSA) is 12.9 Å². The SMILES string of the molecule is [CH3][Sn]([CH3])([CH3])[c]1cccc(-c2ccc(F)cc2)n1. The molecule has 1 aromatic heterocycles. The molecule has 0 N–H and O–H groups in total. The van der Waals surface area contributed by atoms with Crippen LogP contribution >= 0.6 is 0 Å². The van der Waals surface area contributed by atoms with Crippen molar-refractivity contribution in [2.45, 2.75) is 14.8 Å². The predicted octanol–water partition coefficient (Wildman–Crippen LogP) is 3.43. The van der Waals surface area contributed by atoms with E-state index in [0.717, 1.165) is 11.3 Å². The number of nitrogens with zero attached hydrogens (tertiary/aromatic N) is 1. The molecule has 17 heavy (non-hydrogen) atoms. The molecule has 0 bridgehead atoms. The van der Waals surface area contributed by atoms with E-state index in [1.807, 2.05) is 12.1 Å². The molecule has 0 atom stereocenters. The van der Waals surface area contributed by atoms with Crippen LogP contribution in [0.2, 0.25) is 14.8 Å². The predicted molar refractivity (Wildman–Crippen MR) is 72.6 cm³/mol. The van der Waals surface area contributed by atoms with Gasteiger partial charge in [-0.15, -0.1) is 0 Å². The van der Waals surface area contributed by atoms with Crippen LogP contribution in [0.1, 0.15) is 0 Å². The summed E-state index contributed by atoms with van der Waals surface area (Å²) in [7, 11) is 0. The number of halogens is 1. The van der Waals surface area contributed by atoms with Gasteiger partial charge in [-0.05, 0) is 0 Å². The van der Waals surface area contributed by atoms with E-state index in [0.29, 0.717) is 0 Å². The van der Waals surface area contributed by atoms with Crippen molar-refractivity contribution in [1.29, 1.82) is 0 Å². The Morgan fingerprint density at radius 2 is 1.59 bits per heavy atom. The maximum absolute atomic E-state index is 12.9. The van der Waals surface area contributed by atoms with Gasteiger partial charge in [0, 0.05) is 0 Å². The van der Waals surface area contributed by atoms with Crippen molar-refractivity contribution < 1.29 is 4.39 Å². The summed E-state index contributed by atoms with van der Waals surface area (Å²) in [5, 5.41) is 0. The number of pyridine rings is 1. The third-order valence-corrected chi connectivity index (χ3v) is 7.84. The maximum atomic E-state index is 12.9. The van der Waals surface area contributed by atoms with Crippen LogP contribution in [-0.2, 0) is 0 Å². The molecule has 0 amide bonds. The summed E-state index contributed by atoms with van der Waals surface area (Å²) in [6, 6.07) is 12.6. The van der Waals surface area contributed by atoms with Crippen molar-refractivity contribution in [1.82, 2.24) is 4.98 Å². The standard InChI is InChI=1S/C11H7FN.3CH3.Sn/c12-10-6-4-9(5-7-10)11-3-1-2-8-13-11;;;;/h1-7H;3*1H3;. The van der Waals surface area contributed by atoms with Gasteiger partial charge >= 0.3 is 106 Å². The molecule has 2 rings (SSSR count). The van der Waals surface area contributed by atoms with Crippen molar-refractivity contribution in [3.63, 3.8) is 0 Å². The summed E-state index contributed by atoms with van der Waals surface area (Å²) in [4.78, 5) is 11.7. The van der Waals surface area contributed by atoms with Crippen molar-refractivity contribution in [2.75, 3.05) is 0 Å². The Labute approximate surface area is 106 Å². The Hall–Kier alpha value is -0.901. The molecular weight excluding hydrogens is 320 g/mol. The van der Waals surface area contributed by atoms with Crippen molar-refractivity contribution in [3.8, 4) is 11.3 Å². The number of hydrogen-bond donors (Lipinski definition) is 0. The van der Waals surface area contributed by atoms with Gasteiger partial charge in [-0.25, -0.2) is 0 Å².